The van der Waals surface area contributed by atoms with Crippen molar-refractivity contribution in [3.8, 4) is 0 Å². The molecule has 0 spiro atoms. The van der Waals surface area contributed by atoms with Crippen molar-refractivity contribution in [1.29, 1.82) is 0 Å². The highest BCUT2D eigenvalue weighted by molar-refractivity contribution is 6.03. The number of hydrogen-bond acceptors (Lipinski definition) is 4. The second kappa shape index (κ2) is 5.85. The first-order valence-corrected chi connectivity index (χ1v) is 9.03. The molecule has 2 amide bonds. The van der Waals surface area contributed by atoms with Gasteiger partial charge in [-0.15, -0.1) is 0 Å². The molecule has 1 N–H and O–H groups in total. The number of imide groups is 1. The summed E-state index contributed by atoms with van der Waals surface area (Å²) in [5, 5.41) is 10.4. The minimum Gasteiger partial charge on any atom is -0.390 e. The topological polar surface area (TPSA) is 60.9 Å². The number of fused-ring (bicyclic) bond motifs is 2. The van der Waals surface area contributed by atoms with Gasteiger partial charge in [-0.1, -0.05) is 27.2 Å². The molecule has 0 aromatic rings. The maximum atomic E-state index is 12.9. The van der Waals surface area contributed by atoms with E-state index in [0.717, 1.165) is 25.9 Å². The van der Waals surface area contributed by atoms with Crippen molar-refractivity contribution in [3.63, 3.8) is 0 Å². The Balaban J connectivity index is 1.68. The number of likely N-dealkylation sites (tertiary alicyclic amines) is 2. The number of β-amino-alcohol motifs (C(OH)–C–C–N with tert-alkyl or cyclic N) is 1. The number of aliphatic hydroxyl groups excluding tert-OH is 1. The van der Waals surface area contributed by atoms with Crippen LogP contribution >= 0.6 is 0 Å². The van der Waals surface area contributed by atoms with Gasteiger partial charge in [0.15, 0.2) is 0 Å². The maximum Gasteiger partial charge on any atom is 0.235 e. The van der Waals surface area contributed by atoms with Crippen LogP contribution in [0.25, 0.3) is 0 Å². The lowest BCUT2D eigenvalue weighted by molar-refractivity contribution is -0.169. The van der Waals surface area contributed by atoms with E-state index in [-0.39, 0.29) is 29.7 Å². The van der Waals surface area contributed by atoms with Crippen molar-refractivity contribution >= 4 is 11.8 Å². The van der Waals surface area contributed by atoms with Crippen LogP contribution in [0.15, 0.2) is 0 Å². The van der Waals surface area contributed by atoms with E-state index in [4.69, 9.17) is 0 Å². The molecule has 1 saturated carbocycles. The lowest BCUT2D eigenvalue weighted by Crippen LogP contribution is -2.60. The zero-order valence-corrected chi connectivity index (χ0v) is 14.7. The Hall–Kier alpha value is -0.940. The van der Waals surface area contributed by atoms with E-state index >= 15 is 0 Å². The van der Waals surface area contributed by atoms with Gasteiger partial charge in [-0.3, -0.25) is 14.5 Å². The molecule has 3 aliphatic rings. The van der Waals surface area contributed by atoms with E-state index in [0.29, 0.717) is 6.54 Å². The van der Waals surface area contributed by atoms with Crippen LogP contribution in [0, 0.1) is 16.7 Å². The smallest absolute Gasteiger partial charge is 0.235 e. The van der Waals surface area contributed by atoms with E-state index in [1.54, 1.807) is 0 Å². The molecule has 0 radical (unpaired) electrons. The first-order valence-electron chi connectivity index (χ1n) is 9.03. The second-order valence-electron chi connectivity index (χ2n) is 8.41. The summed E-state index contributed by atoms with van der Waals surface area (Å²) in [6, 6.07) is 0. The van der Waals surface area contributed by atoms with Crippen molar-refractivity contribution in [2.45, 2.75) is 59.0 Å². The van der Waals surface area contributed by atoms with Crippen LogP contribution in [-0.2, 0) is 9.59 Å². The summed E-state index contributed by atoms with van der Waals surface area (Å²) in [5.74, 6) is -0.251. The summed E-state index contributed by atoms with van der Waals surface area (Å²) < 4.78 is 0. The van der Waals surface area contributed by atoms with Gasteiger partial charge < -0.3 is 10.0 Å². The number of amides is 2. The lowest BCUT2D eigenvalue weighted by Gasteiger charge is -2.48. The van der Waals surface area contributed by atoms with Crippen LogP contribution in [0.5, 0.6) is 0 Å². The van der Waals surface area contributed by atoms with E-state index in [1.165, 1.54) is 24.2 Å². The van der Waals surface area contributed by atoms with Crippen molar-refractivity contribution in [3.05, 3.63) is 0 Å². The molecule has 0 unspecified atom stereocenters. The standard InChI is InChI=1S/C18H30N2O3/c1-17(2)14-7-8-18(17,3)16(23)20(15(14)22)12-13(21)11-19-9-5-4-6-10-19/h13-14,21H,4-12H2,1-3H3/t13-,14-,18-/m1/s1. The third-order valence-corrected chi connectivity index (χ3v) is 6.82. The molecule has 0 aromatic heterocycles. The van der Waals surface area contributed by atoms with Crippen LogP contribution in [-0.4, -0.2) is 59.0 Å². The van der Waals surface area contributed by atoms with Crippen molar-refractivity contribution in [1.82, 2.24) is 9.80 Å². The predicted molar refractivity (Wildman–Crippen MR) is 87.6 cm³/mol. The van der Waals surface area contributed by atoms with Gasteiger partial charge in [-0.2, -0.15) is 0 Å². The zero-order valence-electron chi connectivity index (χ0n) is 14.7. The SMILES string of the molecule is CC1(C)[C@@H]2CC[C@]1(C)C(=O)N(C[C@H](O)CN1CCCCC1)C2=O. The quantitative estimate of drug-likeness (QED) is 0.800. The maximum absolute atomic E-state index is 12.9. The molecule has 2 heterocycles. The Labute approximate surface area is 139 Å². The number of rotatable bonds is 4. The van der Waals surface area contributed by atoms with Gasteiger partial charge in [0.1, 0.15) is 0 Å². The minimum absolute atomic E-state index is 0.0762. The number of carbonyl (C=O) groups excluding carboxylic acids is 2. The average Bonchev–Trinajstić information content (AvgIpc) is 2.70. The molecular weight excluding hydrogens is 292 g/mol. The summed E-state index contributed by atoms with van der Waals surface area (Å²) in [7, 11) is 0. The molecule has 1 aliphatic carbocycles. The summed E-state index contributed by atoms with van der Waals surface area (Å²) in [5.41, 5.74) is -0.758. The third-order valence-electron chi connectivity index (χ3n) is 6.82. The summed E-state index contributed by atoms with van der Waals surface area (Å²) in [6.45, 7) is 8.80. The highest BCUT2D eigenvalue weighted by Gasteiger charge is 2.64. The normalized spacial score (nSPS) is 35.7. The Morgan fingerprint density at radius 1 is 1.13 bits per heavy atom. The molecular formula is C18H30N2O3. The monoisotopic (exact) mass is 322 g/mol. The van der Waals surface area contributed by atoms with E-state index in [2.05, 4.69) is 4.90 Å². The number of aliphatic hydroxyl groups is 1. The zero-order chi connectivity index (χ0) is 16.8. The highest BCUT2D eigenvalue weighted by Crippen LogP contribution is 2.59. The average molecular weight is 322 g/mol. The van der Waals surface area contributed by atoms with Crippen molar-refractivity contribution in [2.75, 3.05) is 26.2 Å². The molecule has 23 heavy (non-hydrogen) atoms. The fourth-order valence-electron chi connectivity index (χ4n) is 4.78. The van der Waals surface area contributed by atoms with E-state index in [9.17, 15) is 14.7 Å². The van der Waals surface area contributed by atoms with Crippen LogP contribution in [0.2, 0.25) is 0 Å². The van der Waals surface area contributed by atoms with Gasteiger partial charge in [-0.05, 0) is 44.2 Å². The molecule has 2 saturated heterocycles. The summed E-state index contributed by atoms with van der Waals surface area (Å²) in [4.78, 5) is 29.3. The van der Waals surface area contributed by atoms with Crippen LogP contribution < -0.4 is 0 Å². The minimum atomic E-state index is -0.648. The first-order chi connectivity index (χ1) is 10.8. The molecule has 0 aromatic carbocycles. The third kappa shape index (κ3) is 2.62. The van der Waals surface area contributed by atoms with E-state index < -0.39 is 11.5 Å². The summed E-state index contributed by atoms with van der Waals surface area (Å²) in [6.07, 6.45) is 4.50. The number of carbonyl (C=O) groups is 2. The Bertz CT molecular complexity index is 498. The van der Waals surface area contributed by atoms with E-state index in [1.807, 2.05) is 20.8 Å². The van der Waals surface area contributed by atoms with Crippen molar-refractivity contribution < 1.29 is 14.7 Å². The molecule has 3 atom stereocenters. The van der Waals surface area contributed by atoms with Gasteiger partial charge in [-0.25, -0.2) is 0 Å². The highest BCUT2D eigenvalue weighted by atomic mass is 16.3. The van der Waals surface area contributed by atoms with Gasteiger partial charge in [0, 0.05) is 12.5 Å². The number of nitrogens with zero attached hydrogens (tertiary/aromatic N) is 2. The van der Waals surface area contributed by atoms with Gasteiger partial charge >= 0.3 is 0 Å². The Morgan fingerprint density at radius 3 is 2.43 bits per heavy atom. The fraction of sp³-hybridized carbons (Fsp3) is 0.889. The molecule has 130 valence electrons. The van der Waals surface area contributed by atoms with Gasteiger partial charge in [0.25, 0.3) is 0 Å². The van der Waals surface area contributed by atoms with Crippen LogP contribution in [0.3, 0.4) is 0 Å². The number of hydrogen-bond donors (Lipinski definition) is 1. The molecule has 3 fully saturated rings. The number of piperidine rings is 2. The molecule has 2 bridgehead atoms. The Kier molecular flexibility index (Phi) is 4.30. The lowest BCUT2D eigenvalue weighted by atomic mass is 9.62. The Morgan fingerprint density at radius 2 is 1.78 bits per heavy atom. The molecule has 3 rings (SSSR count). The first kappa shape index (κ1) is 16.9. The summed E-state index contributed by atoms with van der Waals surface area (Å²) >= 11 is 0. The van der Waals surface area contributed by atoms with Crippen molar-refractivity contribution in [2.24, 2.45) is 16.7 Å². The van der Waals surface area contributed by atoms with Crippen LogP contribution in [0.1, 0.15) is 52.9 Å². The second-order valence-corrected chi connectivity index (χ2v) is 8.41. The molecule has 5 heteroatoms. The molecule has 5 nitrogen and oxygen atoms in total. The predicted octanol–water partition coefficient (Wildman–Crippen LogP) is 1.64. The van der Waals surface area contributed by atoms with Crippen LogP contribution in [0.4, 0.5) is 0 Å². The fourth-order valence-corrected chi connectivity index (χ4v) is 4.78. The largest absolute Gasteiger partial charge is 0.390 e. The van der Waals surface area contributed by atoms with Gasteiger partial charge in [0.05, 0.1) is 18.1 Å². The van der Waals surface area contributed by atoms with Gasteiger partial charge in [0.2, 0.25) is 11.8 Å². The molecule has 2 aliphatic heterocycles.